The van der Waals surface area contributed by atoms with Gasteiger partial charge >= 0.3 is 31.2 Å². The normalized spacial score (nSPS) is 4.80. The minimum atomic E-state index is -1.83. The Morgan fingerprint density at radius 1 is 0.900 bits per heavy atom. The molecule has 0 aromatic heterocycles. The molecule has 7 N–H and O–H groups in total. The van der Waals surface area contributed by atoms with Crippen LogP contribution >= 0.6 is 0 Å². The number of rotatable bonds is 0. The van der Waals surface area contributed by atoms with Gasteiger partial charge in [-0.25, -0.2) is 9.59 Å². The van der Waals surface area contributed by atoms with E-state index >= 15 is 0 Å². The van der Waals surface area contributed by atoms with Crippen molar-refractivity contribution in [2.75, 3.05) is 0 Å². The molecule has 8 heteroatoms. The van der Waals surface area contributed by atoms with E-state index in [0.717, 1.165) is 0 Å². The first-order chi connectivity index (χ1) is 3.46. The molecule has 0 fully saturated rings. The summed E-state index contributed by atoms with van der Waals surface area (Å²) in [5, 5.41) is 27.9. The molecule has 0 saturated carbocycles. The van der Waals surface area contributed by atoms with Crippen molar-refractivity contribution in [2.45, 2.75) is 0 Å². The number of hydrogen-bond acceptors (Lipinski definition) is 3. The van der Waals surface area contributed by atoms with Crippen LogP contribution in [-0.4, -0.2) is 32.7 Å². The van der Waals surface area contributed by atoms with E-state index in [0.29, 0.717) is 0 Å². The molecule has 0 spiro atoms. The average molecular weight is 149 g/mol. The van der Waals surface area contributed by atoms with Gasteiger partial charge in [-0.1, -0.05) is 0 Å². The maximum atomic E-state index is 8.56. The fourth-order valence-electron chi connectivity index (χ4n) is 0. The van der Waals surface area contributed by atoms with Gasteiger partial charge in [0.1, 0.15) is 0 Å². The summed E-state index contributed by atoms with van der Waals surface area (Å²) in [5.41, 5.74) is 0. The van der Waals surface area contributed by atoms with Crippen molar-refractivity contribution in [2.24, 2.45) is 0 Å². The Morgan fingerprint density at radius 2 is 0.900 bits per heavy atom. The zero-order valence-electron chi connectivity index (χ0n) is 6.31. The second-order valence-corrected chi connectivity index (χ2v) is 0.565. The van der Waals surface area contributed by atoms with E-state index in [9.17, 15) is 0 Å². The first-order valence-electron chi connectivity index (χ1n) is 1.30. The molecule has 58 valence electrons. The molecule has 0 aliphatic rings. The minimum absolute atomic E-state index is 0. The minimum Gasteiger partial charge on any atom is -1.00 e. The monoisotopic (exact) mass is 149 g/mol. The van der Waals surface area contributed by atoms with Crippen molar-refractivity contribution in [3.8, 4) is 0 Å². The first kappa shape index (κ1) is 23.0. The van der Waals surface area contributed by atoms with Crippen LogP contribution in [-0.2, 0) is 0 Å². The van der Waals surface area contributed by atoms with Crippen molar-refractivity contribution < 1.29 is 50.3 Å². The van der Waals surface area contributed by atoms with E-state index in [2.05, 4.69) is 0 Å². The maximum Gasteiger partial charge on any atom is 1.00 e. The van der Waals surface area contributed by atoms with Crippen LogP contribution in [0.3, 0.4) is 0 Å². The van der Waals surface area contributed by atoms with Crippen molar-refractivity contribution in [3.05, 3.63) is 0 Å². The zero-order chi connectivity index (χ0) is 7.15. The predicted octanol–water partition coefficient (Wildman–Crippen LogP) is -2.28. The van der Waals surface area contributed by atoms with E-state index in [1.165, 1.54) is 0 Å². The Kier molecular flexibility index (Phi) is 36.0. The second-order valence-electron chi connectivity index (χ2n) is 0.565. The Hall–Kier alpha value is -0.903. The summed E-state index contributed by atoms with van der Waals surface area (Å²) in [6.07, 6.45) is -3.67. The van der Waals surface area contributed by atoms with Crippen LogP contribution in [0.25, 0.3) is 0 Å². The largest absolute Gasteiger partial charge is 1.00 e. The average Bonchev–Trinajstić information content (AvgIpc) is 1.25. The molecular weight excluding hydrogens is 141 g/mol. The van der Waals surface area contributed by atoms with Crippen molar-refractivity contribution in [3.63, 3.8) is 0 Å². The van der Waals surface area contributed by atoms with Crippen molar-refractivity contribution in [1.82, 2.24) is 6.15 Å². The van der Waals surface area contributed by atoms with Gasteiger partial charge in [-0.2, -0.15) is 0 Å². The molecule has 0 aliphatic heterocycles. The number of carboxylic acid groups (broad SMARTS) is 4. The van der Waals surface area contributed by atoms with E-state index < -0.39 is 12.3 Å². The first-order valence-corrected chi connectivity index (χ1v) is 1.30. The smallest absolute Gasteiger partial charge is 1.00 e. The molecule has 0 aromatic carbocycles. The Labute approximate surface area is 69.5 Å². The van der Waals surface area contributed by atoms with Gasteiger partial charge in [0, 0.05) is 0 Å². The van der Waals surface area contributed by atoms with Gasteiger partial charge in [0.15, 0.2) is 0 Å². The third-order valence-electron chi connectivity index (χ3n) is 0. The summed E-state index contributed by atoms with van der Waals surface area (Å²) in [7, 11) is 0. The summed E-state index contributed by atoms with van der Waals surface area (Å²) in [4.78, 5) is 17.1. The molecule has 0 bridgehead atoms. The van der Waals surface area contributed by atoms with Crippen LogP contribution in [0.4, 0.5) is 9.59 Å². The summed E-state index contributed by atoms with van der Waals surface area (Å²) in [6, 6.07) is 0. The predicted molar refractivity (Wildman–Crippen MR) is 27.4 cm³/mol. The Bertz CT molecular complexity index is 78.6. The second kappa shape index (κ2) is 15.7. The number of carbonyl (C=O) groups is 2. The summed E-state index contributed by atoms with van der Waals surface area (Å²) >= 11 is 0. The van der Waals surface area contributed by atoms with Gasteiger partial charge in [0.2, 0.25) is 0 Å². The van der Waals surface area contributed by atoms with Gasteiger partial charge in [-0.3, -0.25) is 0 Å². The molecule has 0 saturated heterocycles. The molecule has 10 heavy (non-hydrogen) atoms. The van der Waals surface area contributed by atoms with Crippen LogP contribution in [0.1, 0.15) is 1.43 Å². The van der Waals surface area contributed by atoms with E-state index in [1.54, 1.807) is 0 Å². The van der Waals surface area contributed by atoms with Gasteiger partial charge < -0.3 is 28.0 Å². The standard InChI is InChI=1S/2CH2O3.Li.H3N.H/c2*2-1(3)4;;;/h2*(H2,2,3,4);;1H3;/q;;+1;;-1. The molecular formula is C2H8LiNO6. The molecule has 0 atom stereocenters. The van der Waals surface area contributed by atoms with E-state index in [4.69, 9.17) is 30.0 Å². The fraction of sp³-hybridized carbons (Fsp3) is 0. The third kappa shape index (κ3) is 324. The van der Waals surface area contributed by atoms with Crippen LogP contribution in [0.15, 0.2) is 0 Å². The number of hydrogen-bond donors (Lipinski definition) is 5. The summed E-state index contributed by atoms with van der Waals surface area (Å²) in [6.45, 7) is 0. The van der Waals surface area contributed by atoms with E-state index in [-0.39, 0.29) is 26.4 Å². The van der Waals surface area contributed by atoms with E-state index in [1.807, 2.05) is 0 Å². The molecule has 0 aromatic rings. The molecule has 7 nitrogen and oxygen atoms in total. The fourth-order valence-corrected chi connectivity index (χ4v) is 0. The van der Waals surface area contributed by atoms with Gasteiger partial charge in [0.05, 0.1) is 0 Å². The van der Waals surface area contributed by atoms with Gasteiger partial charge in [-0.15, -0.1) is 0 Å². The SMILES string of the molecule is N.O=C(O)O.O=C(O)O.[H-].[Li+]. The van der Waals surface area contributed by atoms with Crippen LogP contribution < -0.4 is 25.0 Å². The Balaban J connectivity index is -0.0000000171. The zero-order valence-corrected chi connectivity index (χ0v) is 5.31. The maximum absolute atomic E-state index is 8.56. The molecule has 0 aliphatic carbocycles. The molecule has 0 unspecified atom stereocenters. The molecule has 0 radical (unpaired) electrons. The van der Waals surface area contributed by atoms with Crippen LogP contribution in [0.5, 0.6) is 0 Å². The van der Waals surface area contributed by atoms with Gasteiger partial charge in [0.25, 0.3) is 0 Å². The molecule has 0 heterocycles. The molecule has 0 amide bonds. The summed E-state index contributed by atoms with van der Waals surface area (Å²) < 4.78 is 0. The van der Waals surface area contributed by atoms with Crippen LogP contribution in [0.2, 0.25) is 0 Å². The van der Waals surface area contributed by atoms with Crippen LogP contribution in [0, 0.1) is 0 Å². The third-order valence-corrected chi connectivity index (χ3v) is 0. The van der Waals surface area contributed by atoms with Gasteiger partial charge in [-0.05, 0) is 0 Å². The van der Waals surface area contributed by atoms with Crippen molar-refractivity contribution in [1.29, 1.82) is 0 Å². The topological polar surface area (TPSA) is 150 Å². The quantitative estimate of drug-likeness (QED) is 0.243. The Morgan fingerprint density at radius 3 is 0.900 bits per heavy atom. The molecule has 0 rings (SSSR count). The van der Waals surface area contributed by atoms with Crippen molar-refractivity contribution >= 4 is 12.3 Å². The summed E-state index contributed by atoms with van der Waals surface area (Å²) in [5.74, 6) is 0.